The standard InChI is InChI=1S/C45H41NO4/c1-5-44(47)49-28-26-35(27-29-50-45(48)6-2)39-25-24-38(41-15-9-10-16-42(39)41)34-19-22-36(23-20-34)46(37-21-18-31(3)32(4)30-37)43-17-11-13-33-12-7-8-14-40(33)43/h5-25,30,35H,1-2,26-29H2,3-4H3. The van der Waals surface area contributed by atoms with E-state index >= 15 is 0 Å². The highest BCUT2D eigenvalue weighted by atomic mass is 16.5. The largest absolute Gasteiger partial charge is 0.463 e. The van der Waals surface area contributed by atoms with Crippen molar-refractivity contribution < 1.29 is 19.1 Å². The van der Waals surface area contributed by atoms with Gasteiger partial charge < -0.3 is 14.4 Å². The monoisotopic (exact) mass is 659 g/mol. The number of fused-ring (bicyclic) bond motifs is 2. The predicted octanol–water partition coefficient (Wildman–Crippen LogP) is 11.1. The number of anilines is 3. The van der Waals surface area contributed by atoms with Gasteiger partial charge in [-0.3, -0.25) is 0 Å². The Morgan fingerprint density at radius 1 is 0.640 bits per heavy atom. The van der Waals surface area contributed by atoms with E-state index in [9.17, 15) is 9.59 Å². The lowest BCUT2D eigenvalue weighted by atomic mass is 9.86. The molecular formula is C45H41NO4. The van der Waals surface area contributed by atoms with E-state index in [1.165, 1.54) is 34.1 Å². The second-order valence-electron chi connectivity index (χ2n) is 12.4. The Balaban J connectivity index is 1.38. The maximum Gasteiger partial charge on any atom is 0.330 e. The molecule has 0 fully saturated rings. The topological polar surface area (TPSA) is 55.8 Å². The molecule has 0 saturated carbocycles. The average molecular weight is 660 g/mol. The highest BCUT2D eigenvalue weighted by Gasteiger charge is 2.20. The lowest BCUT2D eigenvalue weighted by Crippen LogP contribution is -2.12. The Hall–Kier alpha value is -5.94. The van der Waals surface area contributed by atoms with Crippen LogP contribution in [0.5, 0.6) is 0 Å². The van der Waals surface area contributed by atoms with Crippen molar-refractivity contribution in [1.29, 1.82) is 0 Å². The highest BCUT2D eigenvalue weighted by Crippen LogP contribution is 2.41. The summed E-state index contributed by atoms with van der Waals surface area (Å²) in [6, 6.07) is 43.0. The van der Waals surface area contributed by atoms with E-state index in [-0.39, 0.29) is 19.1 Å². The summed E-state index contributed by atoms with van der Waals surface area (Å²) in [5.41, 5.74) is 9.13. The van der Waals surface area contributed by atoms with E-state index in [0.29, 0.717) is 12.8 Å². The van der Waals surface area contributed by atoms with E-state index in [0.717, 1.165) is 44.5 Å². The van der Waals surface area contributed by atoms with Gasteiger partial charge in [0, 0.05) is 28.9 Å². The van der Waals surface area contributed by atoms with Gasteiger partial charge in [-0.25, -0.2) is 9.59 Å². The summed E-state index contributed by atoms with van der Waals surface area (Å²) in [4.78, 5) is 25.9. The van der Waals surface area contributed by atoms with Gasteiger partial charge in [0.2, 0.25) is 0 Å². The quantitative estimate of drug-likeness (QED) is 0.0912. The molecule has 0 radical (unpaired) electrons. The molecule has 6 aromatic rings. The number of ether oxygens (including phenoxy) is 2. The van der Waals surface area contributed by atoms with Gasteiger partial charge in [-0.15, -0.1) is 0 Å². The molecule has 250 valence electrons. The van der Waals surface area contributed by atoms with Crippen molar-refractivity contribution in [3.63, 3.8) is 0 Å². The molecule has 50 heavy (non-hydrogen) atoms. The van der Waals surface area contributed by atoms with Crippen LogP contribution < -0.4 is 4.90 Å². The SMILES string of the molecule is C=CC(=O)OCCC(CCOC(=O)C=C)c1ccc(-c2ccc(N(c3ccc(C)c(C)c3)c3cccc4ccccc34)cc2)c2ccccc12. The van der Waals surface area contributed by atoms with Crippen LogP contribution in [0.3, 0.4) is 0 Å². The predicted molar refractivity (Wildman–Crippen MR) is 205 cm³/mol. The molecule has 0 aliphatic carbocycles. The minimum absolute atomic E-state index is 0.0150. The third kappa shape index (κ3) is 7.37. The Morgan fingerprint density at radius 3 is 1.90 bits per heavy atom. The first-order chi connectivity index (χ1) is 24.4. The van der Waals surface area contributed by atoms with Crippen LogP contribution in [-0.4, -0.2) is 25.2 Å². The Bertz CT molecular complexity index is 2150. The Morgan fingerprint density at radius 2 is 1.24 bits per heavy atom. The fourth-order valence-electron chi connectivity index (χ4n) is 6.59. The van der Waals surface area contributed by atoms with Crippen LogP contribution >= 0.6 is 0 Å². The summed E-state index contributed by atoms with van der Waals surface area (Å²) < 4.78 is 10.7. The molecule has 0 spiro atoms. The lowest BCUT2D eigenvalue weighted by Gasteiger charge is -2.27. The van der Waals surface area contributed by atoms with Crippen molar-refractivity contribution in [2.24, 2.45) is 0 Å². The number of hydrogen-bond acceptors (Lipinski definition) is 5. The van der Waals surface area contributed by atoms with Crippen LogP contribution in [0, 0.1) is 13.8 Å². The summed E-state index contributed by atoms with van der Waals surface area (Å²) >= 11 is 0. The van der Waals surface area contributed by atoms with Gasteiger partial charge in [-0.1, -0.05) is 104 Å². The molecule has 0 atom stereocenters. The van der Waals surface area contributed by atoms with Crippen molar-refractivity contribution in [2.45, 2.75) is 32.6 Å². The number of benzene rings is 6. The molecule has 0 amide bonds. The van der Waals surface area contributed by atoms with Gasteiger partial charge in [0.25, 0.3) is 0 Å². The van der Waals surface area contributed by atoms with Crippen molar-refractivity contribution in [3.8, 4) is 11.1 Å². The minimum atomic E-state index is -0.456. The van der Waals surface area contributed by atoms with Gasteiger partial charge in [0.05, 0.1) is 18.9 Å². The molecule has 0 aliphatic rings. The number of esters is 2. The lowest BCUT2D eigenvalue weighted by molar-refractivity contribution is -0.138. The molecule has 0 heterocycles. The molecular weight excluding hydrogens is 618 g/mol. The van der Waals surface area contributed by atoms with Crippen LogP contribution in [0.15, 0.2) is 147 Å². The first-order valence-electron chi connectivity index (χ1n) is 16.9. The fourth-order valence-corrected chi connectivity index (χ4v) is 6.59. The number of rotatable bonds is 13. The van der Waals surface area contributed by atoms with Crippen molar-refractivity contribution >= 4 is 50.5 Å². The average Bonchev–Trinajstić information content (AvgIpc) is 3.15. The van der Waals surface area contributed by atoms with Crippen molar-refractivity contribution in [3.05, 3.63) is 163 Å². The van der Waals surface area contributed by atoms with Crippen molar-refractivity contribution in [2.75, 3.05) is 18.1 Å². The molecule has 6 aromatic carbocycles. The first-order valence-corrected chi connectivity index (χ1v) is 16.9. The van der Waals surface area contributed by atoms with Crippen molar-refractivity contribution in [1.82, 2.24) is 0 Å². The normalized spacial score (nSPS) is 11.0. The molecule has 0 aliphatic heterocycles. The van der Waals surface area contributed by atoms with E-state index in [1.807, 2.05) is 6.07 Å². The number of hydrogen-bond donors (Lipinski definition) is 0. The minimum Gasteiger partial charge on any atom is -0.463 e. The van der Waals surface area contributed by atoms with Crippen LogP contribution in [0.4, 0.5) is 17.1 Å². The molecule has 0 saturated heterocycles. The molecule has 0 aromatic heterocycles. The van der Waals surface area contributed by atoms with Gasteiger partial charge >= 0.3 is 11.9 Å². The van der Waals surface area contributed by atoms with Gasteiger partial charge in [-0.05, 0) is 107 Å². The van der Waals surface area contributed by atoms with E-state index in [4.69, 9.17) is 9.47 Å². The van der Waals surface area contributed by atoms with E-state index < -0.39 is 11.9 Å². The smallest absolute Gasteiger partial charge is 0.330 e. The third-order valence-corrected chi connectivity index (χ3v) is 9.34. The first kappa shape index (κ1) is 33.9. The fraction of sp³-hybridized carbons (Fsp3) is 0.156. The van der Waals surface area contributed by atoms with Crippen LogP contribution in [0.25, 0.3) is 32.7 Å². The molecule has 0 N–H and O–H groups in total. The van der Waals surface area contributed by atoms with Crippen LogP contribution in [0.1, 0.15) is 35.4 Å². The second-order valence-corrected chi connectivity index (χ2v) is 12.4. The molecule has 0 bridgehead atoms. The maximum absolute atomic E-state index is 11.8. The number of aryl methyl sites for hydroxylation is 2. The summed E-state index contributed by atoms with van der Waals surface area (Å²) in [6.45, 7) is 11.8. The number of carbonyl (C=O) groups excluding carboxylic acids is 2. The Kier molecular flexibility index (Phi) is 10.5. The van der Waals surface area contributed by atoms with E-state index in [2.05, 4.69) is 147 Å². The number of nitrogens with zero attached hydrogens (tertiary/aromatic N) is 1. The molecule has 5 nitrogen and oxygen atoms in total. The molecule has 5 heteroatoms. The zero-order chi connectivity index (χ0) is 35.0. The number of carbonyl (C=O) groups is 2. The molecule has 6 rings (SSSR count). The summed E-state index contributed by atoms with van der Waals surface area (Å²) in [7, 11) is 0. The summed E-state index contributed by atoms with van der Waals surface area (Å²) in [5, 5.41) is 4.61. The summed E-state index contributed by atoms with van der Waals surface area (Å²) in [6.07, 6.45) is 3.48. The Labute approximate surface area is 294 Å². The maximum atomic E-state index is 11.8. The molecule has 0 unspecified atom stereocenters. The summed E-state index contributed by atoms with van der Waals surface area (Å²) in [5.74, 6) is -0.928. The third-order valence-electron chi connectivity index (χ3n) is 9.34. The van der Waals surface area contributed by atoms with Gasteiger partial charge in [0.15, 0.2) is 0 Å². The van der Waals surface area contributed by atoms with Crippen LogP contribution in [0.2, 0.25) is 0 Å². The second kappa shape index (κ2) is 15.5. The van der Waals surface area contributed by atoms with Gasteiger partial charge in [-0.2, -0.15) is 0 Å². The van der Waals surface area contributed by atoms with Gasteiger partial charge in [0.1, 0.15) is 0 Å². The highest BCUT2D eigenvalue weighted by molar-refractivity contribution is 6.01. The zero-order valence-electron chi connectivity index (χ0n) is 28.6. The van der Waals surface area contributed by atoms with Crippen LogP contribution in [-0.2, 0) is 19.1 Å². The van der Waals surface area contributed by atoms with E-state index in [1.54, 1.807) is 0 Å². The zero-order valence-corrected chi connectivity index (χ0v) is 28.6.